The SMILES string of the molecule is N#C[S-].N#C[S-].N#C[S-].N#C[S-].[Fe+3].[K+]. The minimum Gasteiger partial charge on any atom is -0.696 e. The summed E-state index contributed by atoms with van der Waals surface area (Å²) >= 11 is 14.8. The van der Waals surface area contributed by atoms with Gasteiger partial charge in [-0.15, -0.1) is 0 Å². The summed E-state index contributed by atoms with van der Waals surface area (Å²) in [6, 6.07) is 0. The molecule has 4 nitrogen and oxygen atoms in total. The van der Waals surface area contributed by atoms with Crippen LogP contribution in [0.25, 0.3) is 0 Å². The monoisotopic (exact) mass is 327 g/mol. The van der Waals surface area contributed by atoms with Gasteiger partial charge in [-0.05, 0) is 0 Å². The maximum absolute atomic E-state index is 7.13. The fourth-order valence-corrected chi connectivity index (χ4v) is 0. The fraction of sp³-hybridized carbons (Fsp3) is 0. The van der Waals surface area contributed by atoms with Crippen molar-refractivity contribution in [3.05, 3.63) is 0 Å². The van der Waals surface area contributed by atoms with Gasteiger partial charge in [0.05, 0.1) is 0 Å². The normalized spacial score (nSPS) is 2.00. The minimum atomic E-state index is 0. The van der Waals surface area contributed by atoms with E-state index in [4.69, 9.17) is 21.0 Å². The van der Waals surface area contributed by atoms with Crippen LogP contribution in [0.4, 0.5) is 0 Å². The predicted molar refractivity (Wildman–Crippen MR) is 51.9 cm³/mol. The van der Waals surface area contributed by atoms with Crippen molar-refractivity contribution < 1.29 is 68.5 Å². The summed E-state index contributed by atoms with van der Waals surface area (Å²) in [7, 11) is 0. The summed E-state index contributed by atoms with van der Waals surface area (Å²) in [4.78, 5) is 0. The Kier molecular flexibility index (Phi) is 246. The van der Waals surface area contributed by atoms with Crippen LogP contribution in [0.5, 0.6) is 0 Å². The van der Waals surface area contributed by atoms with Crippen molar-refractivity contribution in [1.29, 1.82) is 21.0 Å². The molecule has 0 aliphatic heterocycles. The third-order valence-corrected chi connectivity index (χ3v) is 0. The molecule has 0 rings (SSSR count). The molecule has 0 saturated heterocycles. The van der Waals surface area contributed by atoms with Crippen molar-refractivity contribution >= 4 is 50.5 Å². The van der Waals surface area contributed by atoms with Gasteiger partial charge >= 0.3 is 68.5 Å². The molecule has 0 amide bonds. The minimum absolute atomic E-state index is 0. The van der Waals surface area contributed by atoms with Crippen LogP contribution < -0.4 is 51.4 Å². The molecule has 14 heavy (non-hydrogen) atoms. The molecule has 0 atom stereocenters. The Balaban J connectivity index is -0.0000000145. The second-order valence-corrected chi connectivity index (χ2v) is 1.10. The number of hydrogen-bond donors (Lipinski definition) is 0. The van der Waals surface area contributed by atoms with Crippen molar-refractivity contribution in [3.8, 4) is 21.6 Å². The van der Waals surface area contributed by atoms with Crippen molar-refractivity contribution in [2.75, 3.05) is 0 Å². The zero-order chi connectivity index (χ0) is 10.8. The van der Waals surface area contributed by atoms with Gasteiger partial charge in [-0.2, -0.15) is 0 Å². The molecular formula is C4FeKN4S4. The predicted octanol–water partition coefficient (Wildman–Crippen LogP) is -2.94. The topological polar surface area (TPSA) is 95.2 Å². The Morgan fingerprint density at radius 1 is 0.571 bits per heavy atom. The van der Waals surface area contributed by atoms with Gasteiger partial charge in [-0.3, -0.25) is 0 Å². The molecule has 0 unspecified atom stereocenters. The molecule has 0 spiro atoms. The molecule has 0 aromatic carbocycles. The number of thiocyanates is 4. The molecular weight excluding hydrogens is 327 g/mol. The van der Waals surface area contributed by atoms with Crippen molar-refractivity contribution in [2.24, 2.45) is 0 Å². The Bertz CT molecular complexity index is 163. The first-order valence-corrected chi connectivity index (χ1v) is 3.34. The van der Waals surface area contributed by atoms with Gasteiger partial charge < -0.3 is 50.5 Å². The standard InChI is InChI=1S/4CHNS.Fe.K/c4*2-1-3;;/h4*3H;;/q;;;;+3;+1/p-4. The molecule has 0 saturated carbocycles. The first-order chi connectivity index (χ1) is 5.66. The largest absolute Gasteiger partial charge is 3.00 e. The molecule has 0 fully saturated rings. The van der Waals surface area contributed by atoms with E-state index in [9.17, 15) is 0 Å². The summed E-state index contributed by atoms with van der Waals surface area (Å²) in [6.45, 7) is 0. The molecule has 0 aliphatic rings. The number of rotatable bonds is 0. The Hall–Kier alpha value is 0.996. The van der Waals surface area contributed by atoms with Crippen LogP contribution in [0.1, 0.15) is 0 Å². The van der Waals surface area contributed by atoms with E-state index in [1.54, 1.807) is 0 Å². The zero-order valence-electron chi connectivity index (χ0n) is 6.78. The summed E-state index contributed by atoms with van der Waals surface area (Å²) in [5.74, 6) is 0. The van der Waals surface area contributed by atoms with Gasteiger partial charge in [0.15, 0.2) is 0 Å². The number of nitriles is 4. The molecule has 0 heterocycles. The van der Waals surface area contributed by atoms with Crippen molar-refractivity contribution in [2.45, 2.75) is 0 Å². The van der Waals surface area contributed by atoms with Crippen LogP contribution in [-0.2, 0) is 67.6 Å². The Morgan fingerprint density at radius 3 is 0.571 bits per heavy atom. The van der Waals surface area contributed by atoms with E-state index in [0.717, 1.165) is 0 Å². The van der Waals surface area contributed by atoms with Gasteiger partial charge in [-0.25, -0.2) is 21.0 Å². The third kappa shape index (κ3) is 1890. The third-order valence-electron chi connectivity index (χ3n) is 0. The molecule has 0 aliphatic carbocycles. The van der Waals surface area contributed by atoms with Crippen molar-refractivity contribution in [3.63, 3.8) is 0 Å². The van der Waals surface area contributed by atoms with Gasteiger partial charge in [-0.1, -0.05) is 21.6 Å². The van der Waals surface area contributed by atoms with Crippen LogP contribution in [0.15, 0.2) is 0 Å². The maximum atomic E-state index is 7.13. The van der Waals surface area contributed by atoms with Gasteiger partial charge in [0.25, 0.3) is 0 Å². The van der Waals surface area contributed by atoms with Crippen LogP contribution >= 0.6 is 0 Å². The first-order valence-electron chi connectivity index (χ1n) is 1.71. The van der Waals surface area contributed by atoms with E-state index in [1.807, 2.05) is 0 Å². The average Bonchev–Trinajstić information content (AvgIpc) is 1.92. The van der Waals surface area contributed by atoms with Gasteiger partial charge in [0.2, 0.25) is 0 Å². The van der Waals surface area contributed by atoms with Crippen molar-refractivity contribution in [1.82, 2.24) is 0 Å². The summed E-state index contributed by atoms with van der Waals surface area (Å²) in [5.41, 5.74) is 0. The van der Waals surface area contributed by atoms with Crippen LogP contribution in [0, 0.1) is 42.7 Å². The van der Waals surface area contributed by atoms with E-state index in [-0.39, 0.29) is 68.5 Å². The van der Waals surface area contributed by atoms with E-state index < -0.39 is 0 Å². The Morgan fingerprint density at radius 2 is 0.571 bits per heavy atom. The second-order valence-electron chi connectivity index (χ2n) is 0.365. The summed E-state index contributed by atoms with van der Waals surface area (Å²) in [6.07, 6.45) is 0. The second kappa shape index (κ2) is 94.7. The van der Waals surface area contributed by atoms with Crippen LogP contribution in [0.3, 0.4) is 0 Å². The van der Waals surface area contributed by atoms with Crippen LogP contribution in [0.2, 0.25) is 0 Å². The summed E-state index contributed by atoms with van der Waals surface area (Å²) in [5, 5.41) is 33.9. The summed E-state index contributed by atoms with van der Waals surface area (Å²) < 4.78 is 0. The van der Waals surface area contributed by atoms with E-state index >= 15 is 0 Å². The maximum Gasteiger partial charge on any atom is 3.00 e. The van der Waals surface area contributed by atoms with E-state index in [1.165, 1.54) is 21.6 Å². The van der Waals surface area contributed by atoms with Gasteiger partial charge in [0, 0.05) is 0 Å². The Labute approximate surface area is 159 Å². The van der Waals surface area contributed by atoms with E-state index in [0.29, 0.717) is 0 Å². The molecule has 0 bridgehead atoms. The molecule has 0 N–H and O–H groups in total. The molecule has 0 aromatic rings. The fourth-order valence-electron chi connectivity index (χ4n) is 0. The average molecular weight is 327 g/mol. The van der Waals surface area contributed by atoms with E-state index in [2.05, 4.69) is 50.5 Å². The molecule has 1 radical (unpaired) electrons. The molecule has 69 valence electrons. The van der Waals surface area contributed by atoms with Gasteiger partial charge in [0.1, 0.15) is 0 Å². The zero-order valence-corrected chi connectivity index (χ0v) is 14.3. The first kappa shape index (κ1) is 36.3. The smallest absolute Gasteiger partial charge is 0.696 e. The van der Waals surface area contributed by atoms with Crippen LogP contribution in [-0.4, -0.2) is 0 Å². The number of hydrogen-bond acceptors (Lipinski definition) is 8. The molecule has 10 heteroatoms. The number of nitrogens with zero attached hydrogens (tertiary/aromatic N) is 4. The quantitative estimate of drug-likeness (QED) is 0.265. The molecule has 0 aromatic heterocycles.